The molecule has 0 bridgehead atoms. The molecule has 6 nitrogen and oxygen atoms in total. The van der Waals surface area contributed by atoms with Gasteiger partial charge in [-0.1, -0.05) is 12.1 Å². The van der Waals surface area contributed by atoms with Gasteiger partial charge in [0, 0.05) is 6.54 Å². The second kappa shape index (κ2) is 6.93. The third kappa shape index (κ3) is 4.57. The van der Waals surface area contributed by atoms with Gasteiger partial charge in [-0.15, -0.1) is 0 Å². The van der Waals surface area contributed by atoms with Gasteiger partial charge in [-0.3, -0.25) is 0 Å². The van der Waals surface area contributed by atoms with Gasteiger partial charge in [0.1, 0.15) is 16.5 Å². The van der Waals surface area contributed by atoms with Gasteiger partial charge in [0.2, 0.25) is 20.0 Å². The van der Waals surface area contributed by atoms with Gasteiger partial charge < -0.3 is 0 Å². The number of nitrogens with one attached hydrogen (secondary N) is 1. The Labute approximate surface area is 138 Å². The lowest BCUT2D eigenvalue weighted by Crippen LogP contribution is -2.27. The molecule has 0 heterocycles. The molecule has 0 aliphatic carbocycles. The number of hydrogen-bond acceptors (Lipinski definition) is 4. The fraction of sp³-hybridized carbons (Fsp3) is 0.143. The molecule has 10 heteroatoms. The highest BCUT2D eigenvalue weighted by Crippen LogP contribution is 2.15. The van der Waals surface area contributed by atoms with Crippen LogP contribution >= 0.6 is 0 Å². The lowest BCUT2D eigenvalue weighted by Gasteiger charge is -2.08. The molecule has 0 radical (unpaired) electrons. The molecule has 0 atom stereocenters. The van der Waals surface area contributed by atoms with Crippen LogP contribution in [0.1, 0.15) is 5.56 Å². The van der Waals surface area contributed by atoms with E-state index in [4.69, 9.17) is 5.14 Å². The average Bonchev–Trinajstić information content (AvgIpc) is 2.49. The van der Waals surface area contributed by atoms with Crippen molar-refractivity contribution in [2.24, 2.45) is 5.14 Å². The number of hydrogen-bond donors (Lipinski definition) is 2. The number of rotatable bonds is 6. The molecule has 2 aromatic rings. The molecule has 2 aromatic carbocycles. The molecule has 0 saturated carbocycles. The normalized spacial score (nSPS) is 12.3. The first-order valence-corrected chi connectivity index (χ1v) is 9.69. The van der Waals surface area contributed by atoms with Crippen molar-refractivity contribution in [1.82, 2.24) is 4.72 Å². The molecule has 0 fully saturated rings. The Bertz CT molecular complexity index is 943. The quantitative estimate of drug-likeness (QED) is 0.788. The van der Waals surface area contributed by atoms with Gasteiger partial charge in [0.25, 0.3) is 0 Å². The Kier molecular flexibility index (Phi) is 5.33. The van der Waals surface area contributed by atoms with Crippen molar-refractivity contribution in [3.63, 3.8) is 0 Å². The second-order valence-corrected chi connectivity index (χ2v) is 8.21. The molecule has 130 valence electrons. The van der Waals surface area contributed by atoms with Crippen molar-refractivity contribution >= 4 is 20.0 Å². The van der Waals surface area contributed by atoms with Gasteiger partial charge in [0.05, 0.1) is 4.90 Å². The zero-order chi connectivity index (χ0) is 18.0. The Morgan fingerprint density at radius 2 is 1.58 bits per heavy atom. The number of sulfonamides is 2. The number of nitrogens with two attached hydrogens (primary N) is 1. The first-order chi connectivity index (χ1) is 11.1. The summed E-state index contributed by atoms with van der Waals surface area (Å²) < 4.78 is 74.9. The van der Waals surface area contributed by atoms with Crippen LogP contribution in [0.2, 0.25) is 0 Å². The van der Waals surface area contributed by atoms with Crippen LogP contribution in [-0.4, -0.2) is 23.4 Å². The fourth-order valence-corrected chi connectivity index (χ4v) is 3.57. The Morgan fingerprint density at radius 3 is 2.17 bits per heavy atom. The molecule has 24 heavy (non-hydrogen) atoms. The van der Waals surface area contributed by atoms with Gasteiger partial charge in [-0.2, -0.15) is 0 Å². The molecule has 0 unspecified atom stereocenters. The minimum absolute atomic E-state index is 0.0614. The summed E-state index contributed by atoms with van der Waals surface area (Å²) >= 11 is 0. The van der Waals surface area contributed by atoms with E-state index in [9.17, 15) is 25.6 Å². The largest absolute Gasteiger partial charge is 0.243 e. The first-order valence-electron chi connectivity index (χ1n) is 6.66. The zero-order valence-corrected chi connectivity index (χ0v) is 13.9. The molecule has 0 amide bonds. The highest BCUT2D eigenvalue weighted by atomic mass is 32.2. The van der Waals surface area contributed by atoms with Crippen LogP contribution in [-0.2, 0) is 26.5 Å². The summed E-state index contributed by atoms with van der Waals surface area (Å²) in [5.41, 5.74) is 0.643. The number of halogens is 2. The van der Waals surface area contributed by atoms with Crippen LogP contribution in [0.4, 0.5) is 8.78 Å². The second-order valence-electron chi connectivity index (χ2n) is 4.91. The van der Waals surface area contributed by atoms with Crippen LogP contribution in [0, 0.1) is 11.6 Å². The highest BCUT2D eigenvalue weighted by molar-refractivity contribution is 7.89. The Morgan fingerprint density at radius 1 is 0.958 bits per heavy atom. The first kappa shape index (κ1) is 18.5. The third-order valence-corrected chi connectivity index (χ3v) is 5.55. The molecule has 0 aliphatic rings. The maximum atomic E-state index is 13.5. The summed E-state index contributed by atoms with van der Waals surface area (Å²) in [6, 6.07) is 7.71. The van der Waals surface area contributed by atoms with Gasteiger partial charge >= 0.3 is 0 Å². The zero-order valence-electron chi connectivity index (χ0n) is 12.2. The fourth-order valence-electron chi connectivity index (χ4n) is 1.94. The average molecular weight is 376 g/mol. The lowest BCUT2D eigenvalue weighted by molar-refractivity contribution is 0.546. The Balaban J connectivity index is 2.04. The van der Waals surface area contributed by atoms with Gasteiger partial charge in [0.15, 0.2) is 0 Å². The minimum Gasteiger partial charge on any atom is -0.225 e. The van der Waals surface area contributed by atoms with Crippen LogP contribution in [0.5, 0.6) is 0 Å². The Hall–Kier alpha value is -1.88. The van der Waals surface area contributed by atoms with E-state index in [1.165, 1.54) is 24.3 Å². The summed E-state index contributed by atoms with van der Waals surface area (Å²) in [6.07, 6.45) is 0.223. The van der Waals surface area contributed by atoms with Crippen LogP contribution in [0.3, 0.4) is 0 Å². The molecule has 0 aliphatic heterocycles. The third-order valence-electron chi connectivity index (χ3n) is 3.14. The van der Waals surface area contributed by atoms with Crippen molar-refractivity contribution < 1.29 is 25.6 Å². The van der Waals surface area contributed by atoms with Crippen LogP contribution < -0.4 is 9.86 Å². The van der Waals surface area contributed by atoms with E-state index < -0.39 is 36.6 Å². The van der Waals surface area contributed by atoms with Gasteiger partial charge in [-0.05, 0) is 42.3 Å². The van der Waals surface area contributed by atoms with Crippen molar-refractivity contribution in [1.29, 1.82) is 0 Å². The SMILES string of the molecule is NS(=O)(=O)c1ccc(CCNS(=O)(=O)c2cc(F)ccc2F)cc1. The van der Waals surface area contributed by atoms with Crippen molar-refractivity contribution in [2.75, 3.05) is 6.54 Å². The number of benzene rings is 2. The van der Waals surface area contributed by atoms with E-state index in [1.807, 2.05) is 0 Å². The lowest BCUT2D eigenvalue weighted by atomic mass is 10.2. The molecule has 2 rings (SSSR count). The maximum absolute atomic E-state index is 13.5. The van der Waals surface area contributed by atoms with Gasteiger partial charge in [-0.25, -0.2) is 35.5 Å². The molecule has 0 saturated heterocycles. The minimum atomic E-state index is -4.20. The number of primary sulfonamides is 1. The maximum Gasteiger partial charge on any atom is 0.243 e. The van der Waals surface area contributed by atoms with Crippen molar-refractivity contribution in [3.8, 4) is 0 Å². The molecule has 0 aromatic heterocycles. The summed E-state index contributed by atoms with van der Waals surface area (Å²) in [5.74, 6) is -1.92. The van der Waals surface area contributed by atoms with E-state index in [2.05, 4.69) is 4.72 Å². The topological polar surface area (TPSA) is 106 Å². The molecular formula is C14H14F2N2O4S2. The van der Waals surface area contributed by atoms with Crippen molar-refractivity contribution in [3.05, 3.63) is 59.7 Å². The van der Waals surface area contributed by atoms with E-state index in [1.54, 1.807) is 0 Å². The predicted molar refractivity (Wildman–Crippen MR) is 83.1 cm³/mol. The summed E-state index contributed by atoms with van der Waals surface area (Å²) in [4.78, 5) is -0.833. The van der Waals surface area contributed by atoms with Crippen LogP contribution in [0.25, 0.3) is 0 Å². The predicted octanol–water partition coefficient (Wildman–Crippen LogP) is 1.13. The summed E-state index contributed by atoms with van der Waals surface area (Å²) in [7, 11) is -7.99. The summed E-state index contributed by atoms with van der Waals surface area (Å²) in [5, 5.41) is 4.97. The van der Waals surface area contributed by atoms with E-state index in [0.29, 0.717) is 11.6 Å². The highest BCUT2D eigenvalue weighted by Gasteiger charge is 2.19. The summed E-state index contributed by atoms with van der Waals surface area (Å²) in [6.45, 7) is -0.0764. The van der Waals surface area contributed by atoms with E-state index >= 15 is 0 Å². The van der Waals surface area contributed by atoms with E-state index in [-0.39, 0.29) is 17.9 Å². The smallest absolute Gasteiger partial charge is 0.225 e. The van der Waals surface area contributed by atoms with Crippen LogP contribution in [0.15, 0.2) is 52.3 Å². The molecule has 0 spiro atoms. The molecular weight excluding hydrogens is 362 g/mol. The monoisotopic (exact) mass is 376 g/mol. The van der Waals surface area contributed by atoms with Crippen molar-refractivity contribution in [2.45, 2.75) is 16.2 Å². The molecule has 3 N–H and O–H groups in total. The standard InChI is InChI=1S/C14H14F2N2O4S2/c15-11-3-6-13(16)14(9-11)24(21,22)18-8-7-10-1-4-12(5-2-10)23(17,19)20/h1-6,9,18H,7-8H2,(H2,17,19,20). The van der Waals surface area contributed by atoms with E-state index in [0.717, 1.165) is 12.1 Å².